The Labute approximate surface area is 116 Å². The molecule has 0 saturated carbocycles. The summed E-state index contributed by atoms with van der Waals surface area (Å²) < 4.78 is 0. The van der Waals surface area contributed by atoms with Crippen LogP contribution in [0.1, 0.15) is 39.7 Å². The third-order valence-electron chi connectivity index (χ3n) is 3.02. The van der Waals surface area contributed by atoms with Gasteiger partial charge in [0.1, 0.15) is 0 Å². The van der Waals surface area contributed by atoms with Crippen molar-refractivity contribution in [3.63, 3.8) is 0 Å². The van der Waals surface area contributed by atoms with E-state index in [0.29, 0.717) is 12.5 Å². The molecule has 1 unspecified atom stereocenters. The molecule has 1 aromatic rings. The summed E-state index contributed by atoms with van der Waals surface area (Å²) in [5.41, 5.74) is 7.03. The van der Waals surface area contributed by atoms with Crippen molar-refractivity contribution >= 4 is 5.91 Å². The van der Waals surface area contributed by atoms with Gasteiger partial charge in [-0.1, -0.05) is 19.9 Å². The standard InChI is InChI=1S/C15H25N3O/c1-11(2)8-14(16)15(19)18(12(3)4)10-13-6-5-7-17-9-13/h5-7,9,11-12,14H,8,10,16H2,1-4H3. The average molecular weight is 263 g/mol. The zero-order valence-corrected chi connectivity index (χ0v) is 12.3. The molecule has 4 heteroatoms. The molecule has 19 heavy (non-hydrogen) atoms. The molecule has 1 aromatic heterocycles. The average Bonchev–Trinajstić information content (AvgIpc) is 2.35. The fraction of sp³-hybridized carbons (Fsp3) is 0.600. The number of hydrogen-bond acceptors (Lipinski definition) is 3. The normalized spacial score (nSPS) is 12.8. The molecule has 0 bridgehead atoms. The molecule has 0 fully saturated rings. The summed E-state index contributed by atoms with van der Waals surface area (Å²) in [6, 6.07) is 3.57. The first kappa shape index (κ1) is 15.6. The van der Waals surface area contributed by atoms with Crippen LogP contribution in [0.5, 0.6) is 0 Å². The number of carbonyl (C=O) groups excluding carboxylic acids is 1. The van der Waals surface area contributed by atoms with Gasteiger partial charge in [0.05, 0.1) is 6.04 Å². The Morgan fingerprint density at radius 1 is 1.37 bits per heavy atom. The van der Waals surface area contributed by atoms with Gasteiger partial charge in [-0.2, -0.15) is 0 Å². The maximum atomic E-state index is 12.4. The van der Waals surface area contributed by atoms with E-state index >= 15 is 0 Å². The predicted octanol–water partition coefficient (Wildman–Crippen LogP) is 2.19. The highest BCUT2D eigenvalue weighted by Crippen LogP contribution is 2.12. The second kappa shape index (κ2) is 7.24. The third kappa shape index (κ3) is 4.99. The van der Waals surface area contributed by atoms with Gasteiger partial charge in [-0.05, 0) is 37.8 Å². The summed E-state index contributed by atoms with van der Waals surface area (Å²) in [4.78, 5) is 18.3. The largest absolute Gasteiger partial charge is 0.335 e. The lowest BCUT2D eigenvalue weighted by molar-refractivity contribution is -0.135. The maximum absolute atomic E-state index is 12.4. The van der Waals surface area contributed by atoms with E-state index in [4.69, 9.17) is 5.73 Å². The Morgan fingerprint density at radius 2 is 2.05 bits per heavy atom. The van der Waals surface area contributed by atoms with Gasteiger partial charge in [0.2, 0.25) is 5.91 Å². The van der Waals surface area contributed by atoms with Crippen molar-refractivity contribution in [1.82, 2.24) is 9.88 Å². The number of pyridine rings is 1. The Balaban J connectivity index is 2.75. The van der Waals surface area contributed by atoms with E-state index in [9.17, 15) is 4.79 Å². The first-order valence-electron chi connectivity index (χ1n) is 6.86. The fourth-order valence-corrected chi connectivity index (χ4v) is 2.03. The Kier molecular flexibility index (Phi) is 5.96. The molecule has 1 heterocycles. The number of aromatic nitrogens is 1. The van der Waals surface area contributed by atoms with Crippen molar-refractivity contribution < 1.29 is 4.79 Å². The van der Waals surface area contributed by atoms with Crippen molar-refractivity contribution in [1.29, 1.82) is 0 Å². The Bertz CT molecular complexity index is 390. The van der Waals surface area contributed by atoms with Gasteiger partial charge in [-0.15, -0.1) is 0 Å². The van der Waals surface area contributed by atoms with Gasteiger partial charge >= 0.3 is 0 Å². The molecule has 0 aliphatic rings. The second-order valence-corrected chi connectivity index (χ2v) is 5.66. The number of nitrogens with two attached hydrogens (primary N) is 1. The molecule has 2 N–H and O–H groups in total. The SMILES string of the molecule is CC(C)CC(N)C(=O)N(Cc1cccnc1)C(C)C. The quantitative estimate of drug-likeness (QED) is 0.856. The summed E-state index contributed by atoms with van der Waals surface area (Å²) in [5.74, 6) is 0.443. The van der Waals surface area contributed by atoms with E-state index < -0.39 is 6.04 Å². The fourth-order valence-electron chi connectivity index (χ4n) is 2.03. The van der Waals surface area contributed by atoms with Gasteiger partial charge < -0.3 is 10.6 Å². The number of rotatable bonds is 6. The molecule has 4 nitrogen and oxygen atoms in total. The van der Waals surface area contributed by atoms with E-state index in [1.807, 2.05) is 30.9 Å². The van der Waals surface area contributed by atoms with Gasteiger partial charge in [-0.25, -0.2) is 0 Å². The van der Waals surface area contributed by atoms with Crippen molar-refractivity contribution in [3.05, 3.63) is 30.1 Å². The van der Waals surface area contributed by atoms with E-state index in [0.717, 1.165) is 12.0 Å². The molecule has 0 saturated heterocycles. The molecular formula is C15H25N3O. The highest BCUT2D eigenvalue weighted by Gasteiger charge is 2.23. The summed E-state index contributed by atoms with van der Waals surface area (Å²) in [5, 5.41) is 0. The monoisotopic (exact) mass is 263 g/mol. The van der Waals surface area contributed by atoms with Gasteiger partial charge in [-0.3, -0.25) is 9.78 Å². The van der Waals surface area contributed by atoms with Crippen LogP contribution >= 0.6 is 0 Å². The van der Waals surface area contributed by atoms with Gasteiger partial charge in [0.25, 0.3) is 0 Å². The number of hydrogen-bond donors (Lipinski definition) is 1. The minimum atomic E-state index is -0.418. The Hall–Kier alpha value is -1.42. The molecule has 0 aromatic carbocycles. The summed E-state index contributed by atoms with van der Waals surface area (Å²) in [7, 11) is 0. The highest BCUT2D eigenvalue weighted by atomic mass is 16.2. The maximum Gasteiger partial charge on any atom is 0.240 e. The number of amides is 1. The lowest BCUT2D eigenvalue weighted by Gasteiger charge is -2.30. The van der Waals surface area contributed by atoms with Crippen LogP contribution in [-0.4, -0.2) is 27.9 Å². The highest BCUT2D eigenvalue weighted by molar-refractivity contribution is 5.81. The van der Waals surface area contributed by atoms with Crippen LogP contribution in [0.15, 0.2) is 24.5 Å². The van der Waals surface area contributed by atoms with E-state index in [-0.39, 0.29) is 11.9 Å². The van der Waals surface area contributed by atoms with E-state index in [1.165, 1.54) is 0 Å². The van der Waals surface area contributed by atoms with Crippen LogP contribution in [0.4, 0.5) is 0 Å². The minimum Gasteiger partial charge on any atom is -0.335 e. The van der Waals surface area contributed by atoms with Crippen molar-refractivity contribution in [2.24, 2.45) is 11.7 Å². The molecule has 1 amide bonds. The predicted molar refractivity (Wildman–Crippen MR) is 77.4 cm³/mol. The molecule has 0 radical (unpaired) electrons. The summed E-state index contributed by atoms with van der Waals surface area (Å²) >= 11 is 0. The van der Waals surface area contributed by atoms with Gasteiger partial charge in [0.15, 0.2) is 0 Å². The van der Waals surface area contributed by atoms with Crippen LogP contribution < -0.4 is 5.73 Å². The molecule has 106 valence electrons. The van der Waals surface area contributed by atoms with Gasteiger partial charge in [0, 0.05) is 25.0 Å². The first-order chi connectivity index (χ1) is 8.91. The molecule has 1 atom stereocenters. The minimum absolute atomic E-state index is 0.0209. The summed E-state index contributed by atoms with van der Waals surface area (Å²) in [6.07, 6.45) is 4.24. The number of carbonyl (C=O) groups is 1. The van der Waals surface area contributed by atoms with Crippen LogP contribution in [0.25, 0.3) is 0 Å². The van der Waals surface area contributed by atoms with Crippen molar-refractivity contribution in [2.75, 3.05) is 0 Å². The smallest absolute Gasteiger partial charge is 0.240 e. The first-order valence-corrected chi connectivity index (χ1v) is 6.86. The number of nitrogens with zero attached hydrogens (tertiary/aromatic N) is 2. The van der Waals surface area contributed by atoms with E-state index in [1.54, 1.807) is 12.4 Å². The zero-order valence-electron chi connectivity index (χ0n) is 12.3. The second-order valence-electron chi connectivity index (χ2n) is 5.66. The molecule has 1 rings (SSSR count). The topological polar surface area (TPSA) is 59.2 Å². The van der Waals surface area contributed by atoms with Crippen LogP contribution in [0, 0.1) is 5.92 Å². The van der Waals surface area contributed by atoms with Crippen LogP contribution in [0.3, 0.4) is 0 Å². The summed E-state index contributed by atoms with van der Waals surface area (Å²) in [6.45, 7) is 8.74. The van der Waals surface area contributed by atoms with E-state index in [2.05, 4.69) is 18.8 Å². The third-order valence-corrected chi connectivity index (χ3v) is 3.02. The Morgan fingerprint density at radius 3 is 2.53 bits per heavy atom. The molecule has 0 spiro atoms. The van der Waals surface area contributed by atoms with Crippen LogP contribution in [0.2, 0.25) is 0 Å². The zero-order chi connectivity index (χ0) is 14.4. The lowest BCUT2D eigenvalue weighted by atomic mass is 10.0. The van der Waals surface area contributed by atoms with Crippen molar-refractivity contribution in [3.8, 4) is 0 Å². The molecule has 0 aliphatic heterocycles. The van der Waals surface area contributed by atoms with Crippen molar-refractivity contribution in [2.45, 2.75) is 52.7 Å². The molecule has 0 aliphatic carbocycles. The lowest BCUT2D eigenvalue weighted by Crippen LogP contribution is -2.47. The molecular weight excluding hydrogens is 238 g/mol. The van der Waals surface area contributed by atoms with Crippen LogP contribution in [-0.2, 0) is 11.3 Å².